The average Bonchev–Trinajstić information content (AvgIpc) is 2.68. The Bertz CT molecular complexity index is 867. The minimum atomic E-state index is -3.31. The summed E-state index contributed by atoms with van der Waals surface area (Å²) in [5.41, 5.74) is 1.83. The van der Waals surface area contributed by atoms with Crippen LogP contribution in [0.5, 0.6) is 0 Å². The Morgan fingerprint density at radius 2 is 1.66 bits per heavy atom. The highest BCUT2D eigenvalue weighted by Gasteiger charge is 2.12. The lowest BCUT2D eigenvalue weighted by Crippen LogP contribution is -2.37. The number of guanidine groups is 1. The first kappa shape index (κ1) is 23.3. The van der Waals surface area contributed by atoms with E-state index < -0.39 is 10.0 Å². The molecule has 3 N–H and O–H groups in total. The molecule has 0 saturated heterocycles. The molecular weight excluding hydrogens is 404 g/mol. The molecule has 0 aliphatic carbocycles. The number of rotatable bonds is 10. The van der Waals surface area contributed by atoms with Gasteiger partial charge in [0, 0.05) is 36.8 Å². The summed E-state index contributed by atoms with van der Waals surface area (Å²) in [5.74, 6) is 1.67. The lowest BCUT2D eigenvalue weighted by molar-refractivity contribution is 0.569. The molecule has 0 fully saturated rings. The summed E-state index contributed by atoms with van der Waals surface area (Å²) in [4.78, 5) is 5.49. The summed E-state index contributed by atoms with van der Waals surface area (Å²) in [5, 5.41) is 6.58. The quantitative estimate of drug-likeness (QED) is 0.232. The molecule has 0 aromatic heterocycles. The van der Waals surface area contributed by atoms with Crippen LogP contribution in [-0.2, 0) is 22.3 Å². The summed E-state index contributed by atoms with van der Waals surface area (Å²) >= 11 is 1.80. The van der Waals surface area contributed by atoms with E-state index >= 15 is 0 Å². The van der Waals surface area contributed by atoms with Crippen molar-refractivity contribution in [3.63, 3.8) is 0 Å². The van der Waals surface area contributed by atoms with Crippen molar-refractivity contribution >= 4 is 27.7 Å². The van der Waals surface area contributed by atoms with E-state index in [1.165, 1.54) is 4.90 Å². The van der Waals surface area contributed by atoms with E-state index in [1.807, 2.05) is 56.3 Å². The van der Waals surface area contributed by atoms with Crippen molar-refractivity contribution in [1.82, 2.24) is 15.4 Å². The zero-order valence-electron chi connectivity index (χ0n) is 17.2. The normalized spacial score (nSPS) is 12.2. The minimum absolute atomic E-state index is 0.0127. The predicted molar refractivity (Wildman–Crippen MR) is 123 cm³/mol. The van der Waals surface area contributed by atoms with Crippen LogP contribution in [0.4, 0.5) is 0 Å². The van der Waals surface area contributed by atoms with Crippen LogP contribution in [0.2, 0.25) is 0 Å². The molecule has 0 spiro atoms. The fourth-order valence-corrected chi connectivity index (χ4v) is 4.86. The topological polar surface area (TPSA) is 82.6 Å². The molecular formula is C21H30N4O2S2. The van der Waals surface area contributed by atoms with E-state index in [4.69, 9.17) is 0 Å². The Balaban J connectivity index is 1.74. The number of aliphatic imine (C=N–C) groups is 1. The molecule has 29 heavy (non-hydrogen) atoms. The van der Waals surface area contributed by atoms with Crippen molar-refractivity contribution in [2.45, 2.75) is 37.1 Å². The zero-order chi connectivity index (χ0) is 21.1. The summed E-state index contributed by atoms with van der Waals surface area (Å²) in [6.07, 6.45) is 0. The molecule has 158 valence electrons. The Labute approximate surface area is 178 Å². The van der Waals surface area contributed by atoms with E-state index in [1.54, 1.807) is 18.8 Å². The summed E-state index contributed by atoms with van der Waals surface area (Å²) in [6, 6.07) is 17.8. The molecule has 0 saturated carbocycles. The number of hydrogen-bond donors (Lipinski definition) is 3. The van der Waals surface area contributed by atoms with Crippen LogP contribution in [0.1, 0.15) is 25.0 Å². The largest absolute Gasteiger partial charge is 0.356 e. The Hall–Kier alpha value is -2.03. The molecule has 2 aromatic carbocycles. The molecule has 0 aliphatic rings. The highest BCUT2D eigenvalue weighted by Crippen LogP contribution is 2.15. The summed E-state index contributed by atoms with van der Waals surface area (Å²) in [7, 11) is -1.56. The number of thioether (sulfide) groups is 1. The molecule has 0 radical (unpaired) electrons. The van der Waals surface area contributed by atoms with Crippen LogP contribution < -0.4 is 15.4 Å². The van der Waals surface area contributed by atoms with E-state index in [9.17, 15) is 8.42 Å². The minimum Gasteiger partial charge on any atom is -0.356 e. The molecule has 0 heterocycles. The van der Waals surface area contributed by atoms with Gasteiger partial charge in [-0.2, -0.15) is 0 Å². The maximum Gasteiger partial charge on any atom is 0.216 e. The molecule has 6 nitrogen and oxygen atoms in total. The summed E-state index contributed by atoms with van der Waals surface area (Å²) in [6.45, 7) is 5.04. The second-order valence-corrected chi connectivity index (χ2v) is 9.78. The van der Waals surface area contributed by atoms with Crippen LogP contribution >= 0.6 is 11.8 Å². The van der Waals surface area contributed by atoms with Crippen molar-refractivity contribution in [3.8, 4) is 0 Å². The lowest BCUT2D eigenvalue weighted by Gasteiger charge is -2.12. The highest BCUT2D eigenvalue weighted by molar-refractivity contribution is 7.99. The lowest BCUT2D eigenvalue weighted by atomic mass is 10.1. The standard InChI is InChI=1S/C21H30N4O2S2/c1-17(2)25-29(26,27)16-19-11-9-18(10-12-19)15-24-21(22-3)23-13-14-28-20-7-5-4-6-8-20/h4-12,17,25H,13-16H2,1-3H3,(H2,22,23,24). The van der Waals surface area contributed by atoms with Crippen molar-refractivity contribution in [2.24, 2.45) is 4.99 Å². The third kappa shape index (κ3) is 9.34. The monoisotopic (exact) mass is 434 g/mol. The van der Waals surface area contributed by atoms with Gasteiger partial charge in [0.1, 0.15) is 0 Å². The van der Waals surface area contributed by atoms with Gasteiger partial charge in [0.25, 0.3) is 0 Å². The first-order chi connectivity index (χ1) is 13.9. The van der Waals surface area contributed by atoms with E-state index in [-0.39, 0.29) is 11.8 Å². The molecule has 0 unspecified atom stereocenters. The third-order valence-corrected chi connectivity index (χ3v) is 6.44. The summed E-state index contributed by atoms with van der Waals surface area (Å²) < 4.78 is 26.6. The number of nitrogens with zero attached hydrogens (tertiary/aromatic N) is 1. The van der Waals surface area contributed by atoms with Gasteiger partial charge in [-0.25, -0.2) is 13.1 Å². The van der Waals surface area contributed by atoms with Gasteiger partial charge in [0.15, 0.2) is 5.96 Å². The molecule has 0 atom stereocenters. The average molecular weight is 435 g/mol. The van der Waals surface area contributed by atoms with Gasteiger partial charge in [-0.1, -0.05) is 42.5 Å². The second kappa shape index (κ2) is 11.8. The van der Waals surface area contributed by atoms with Crippen molar-refractivity contribution in [2.75, 3.05) is 19.3 Å². The smallest absolute Gasteiger partial charge is 0.216 e. The van der Waals surface area contributed by atoms with Gasteiger partial charge in [0.05, 0.1) is 5.75 Å². The van der Waals surface area contributed by atoms with Crippen LogP contribution in [-0.4, -0.2) is 39.8 Å². The van der Waals surface area contributed by atoms with Gasteiger partial charge in [0.2, 0.25) is 10.0 Å². The zero-order valence-corrected chi connectivity index (χ0v) is 18.8. The molecule has 8 heteroatoms. The van der Waals surface area contributed by atoms with E-state index in [0.29, 0.717) is 6.54 Å². The predicted octanol–water partition coefficient (Wildman–Crippen LogP) is 2.97. The molecule has 0 bridgehead atoms. The van der Waals surface area contributed by atoms with Gasteiger partial charge < -0.3 is 10.6 Å². The fraction of sp³-hybridized carbons (Fsp3) is 0.381. The van der Waals surface area contributed by atoms with Gasteiger partial charge in [-0.15, -0.1) is 11.8 Å². The Kier molecular flexibility index (Phi) is 9.50. The number of hydrogen-bond acceptors (Lipinski definition) is 4. The van der Waals surface area contributed by atoms with Gasteiger partial charge in [-0.3, -0.25) is 4.99 Å². The van der Waals surface area contributed by atoms with Crippen LogP contribution in [0.15, 0.2) is 64.5 Å². The third-order valence-electron chi connectivity index (χ3n) is 3.88. The molecule has 0 amide bonds. The highest BCUT2D eigenvalue weighted by atomic mass is 32.2. The van der Waals surface area contributed by atoms with Crippen molar-refractivity contribution < 1.29 is 8.42 Å². The second-order valence-electron chi connectivity index (χ2n) is 6.86. The molecule has 0 aliphatic heterocycles. The van der Waals surface area contributed by atoms with Crippen molar-refractivity contribution in [3.05, 3.63) is 65.7 Å². The SMILES string of the molecule is CN=C(NCCSc1ccccc1)NCc1ccc(CS(=O)(=O)NC(C)C)cc1. The fourth-order valence-electron chi connectivity index (χ4n) is 2.63. The first-order valence-corrected chi connectivity index (χ1v) is 12.2. The Morgan fingerprint density at radius 3 is 2.28 bits per heavy atom. The van der Waals surface area contributed by atoms with E-state index in [0.717, 1.165) is 29.4 Å². The first-order valence-electron chi connectivity index (χ1n) is 9.58. The molecule has 2 aromatic rings. The number of nitrogens with one attached hydrogen (secondary N) is 3. The number of benzene rings is 2. The van der Waals surface area contributed by atoms with Crippen LogP contribution in [0.25, 0.3) is 0 Å². The number of sulfonamides is 1. The van der Waals surface area contributed by atoms with Gasteiger partial charge >= 0.3 is 0 Å². The van der Waals surface area contributed by atoms with Crippen molar-refractivity contribution in [1.29, 1.82) is 0 Å². The van der Waals surface area contributed by atoms with Gasteiger partial charge in [-0.05, 0) is 37.1 Å². The van der Waals surface area contributed by atoms with E-state index in [2.05, 4.69) is 32.5 Å². The molecule has 2 rings (SSSR count). The van der Waals surface area contributed by atoms with Crippen LogP contribution in [0.3, 0.4) is 0 Å². The Morgan fingerprint density at radius 1 is 1.00 bits per heavy atom. The maximum absolute atomic E-state index is 12.0. The maximum atomic E-state index is 12.0. The van der Waals surface area contributed by atoms with Crippen LogP contribution in [0, 0.1) is 0 Å².